The van der Waals surface area contributed by atoms with Crippen LogP contribution in [0.2, 0.25) is 0 Å². The van der Waals surface area contributed by atoms with Crippen LogP contribution in [0.4, 0.5) is 11.4 Å². The molecule has 216 valence electrons. The molecule has 1 spiro atoms. The number of aliphatic hydroxyl groups excluding tert-OH is 1. The summed E-state index contributed by atoms with van der Waals surface area (Å²) in [7, 11) is 0. The van der Waals surface area contributed by atoms with Crippen molar-refractivity contribution in [1.82, 2.24) is 4.90 Å². The topological polar surface area (TPSA) is 90.4 Å². The molecule has 0 saturated carbocycles. The fourth-order valence-corrected chi connectivity index (χ4v) is 8.82. The van der Waals surface area contributed by atoms with E-state index in [1.165, 1.54) is 11.8 Å². The number of benzene rings is 1. The third-order valence-corrected chi connectivity index (χ3v) is 10.6. The number of allylic oxidation sites excluding steroid dienone is 1. The lowest BCUT2D eigenvalue weighted by atomic mass is 9.78. The smallest absolute Gasteiger partial charge is 0.311 e. The minimum atomic E-state index is -0.940. The van der Waals surface area contributed by atoms with Crippen LogP contribution in [-0.2, 0) is 19.1 Å². The first-order valence-corrected chi connectivity index (χ1v) is 15.4. The van der Waals surface area contributed by atoms with Gasteiger partial charge in [0.05, 0.1) is 35.8 Å². The van der Waals surface area contributed by atoms with Gasteiger partial charge in [-0.15, -0.1) is 11.8 Å². The summed E-state index contributed by atoms with van der Waals surface area (Å²) >= 11 is 1.53. The molecular formula is C31H41N3O5S. The number of nitrogens with zero attached hydrogens (tertiary/aromatic N) is 3. The number of amides is 2. The van der Waals surface area contributed by atoms with E-state index in [0.717, 1.165) is 37.3 Å². The Hall–Kier alpha value is -2.78. The van der Waals surface area contributed by atoms with Crippen molar-refractivity contribution in [3.63, 3.8) is 0 Å². The number of ether oxygens (including phenoxy) is 1. The van der Waals surface area contributed by atoms with Gasteiger partial charge in [0.25, 0.3) is 5.91 Å². The van der Waals surface area contributed by atoms with E-state index in [9.17, 15) is 19.5 Å². The number of aliphatic hydroxyl groups is 1. The average Bonchev–Trinajstić information content (AvgIpc) is 3.35. The Labute approximate surface area is 241 Å². The number of carbonyl (C=O) groups excluding carboxylic acids is 3. The van der Waals surface area contributed by atoms with Gasteiger partial charge < -0.3 is 24.5 Å². The van der Waals surface area contributed by atoms with Crippen molar-refractivity contribution < 1.29 is 24.2 Å². The van der Waals surface area contributed by atoms with E-state index >= 15 is 0 Å². The van der Waals surface area contributed by atoms with E-state index < -0.39 is 28.7 Å². The number of likely N-dealkylation sites (tertiary alicyclic amines) is 1. The number of thioether (sulfide) groups is 1. The summed E-state index contributed by atoms with van der Waals surface area (Å²) in [5.41, 5.74) is 1.85. The largest absolute Gasteiger partial charge is 0.465 e. The number of rotatable bonds is 7. The van der Waals surface area contributed by atoms with Gasteiger partial charge in [-0.25, -0.2) is 0 Å². The molecule has 1 unspecified atom stereocenters. The van der Waals surface area contributed by atoms with Crippen LogP contribution in [0.1, 0.15) is 40.5 Å². The van der Waals surface area contributed by atoms with Crippen molar-refractivity contribution in [2.45, 2.75) is 62.6 Å². The lowest BCUT2D eigenvalue weighted by molar-refractivity contribution is -0.153. The first-order valence-electron chi connectivity index (χ1n) is 14.6. The Bertz CT molecular complexity index is 1180. The molecule has 8 nitrogen and oxygen atoms in total. The van der Waals surface area contributed by atoms with Crippen LogP contribution < -0.4 is 9.80 Å². The van der Waals surface area contributed by atoms with Crippen LogP contribution in [0.5, 0.6) is 0 Å². The van der Waals surface area contributed by atoms with E-state index in [1.807, 2.05) is 56.3 Å². The minimum Gasteiger partial charge on any atom is -0.465 e. The second-order valence-electron chi connectivity index (χ2n) is 11.4. The number of fused-ring (bicyclic) bond motifs is 2. The maximum absolute atomic E-state index is 14.6. The van der Waals surface area contributed by atoms with Crippen molar-refractivity contribution in [2.75, 3.05) is 42.6 Å². The van der Waals surface area contributed by atoms with E-state index in [0.29, 0.717) is 13.2 Å². The zero-order valence-corrected chi connectivity index (χ0v) is 24.7. The number of cyclic esters (lactones) is 1. The fraction of sp³-hybridized carbons (Fsp3) is 0.581. The Balaban J connectivity index is 1.59. The van der Waals surface area contributed by atoms with Gasteiger partial charge in [0.1, 0.15) is 6.04 Å². The van der Waals surface area contributed by atoms with E-state index in [2.05, 4.69) is 24.8 Å². The molecule has 1 aromatic carbocycles. The highest BCUT2D eigenvalue weighted by Crippen LogP contribution is 2.61. The highest BCUT2D eigenvalue weighted by atomic mass is 32.2. The van der Waals surface area contributed by atoms with E-state index in [-0.39, 0.29) is 35.6 Å². The summed E-state index contributed by atoms with van der Waals surface area (Å²) in [5.74, 6) is -2.34. The van der Waals surface area contributed by atoms with Crippen LogP contribution in [0, 0.1) is 17.8 Å². The molecule has 1 aromatic rings. The molecule has 1 N–H and O–H groups in total. The Morgan fingerprint density at radius 2 is 1.82 bits per heavy atom. The zero-order valence-electron chi connectivity index (χ0n) is 23.9. The molecule has 9 heteroatoms. The van der Waals surface area contributed by atoms with Crippen molar-refractivity contribution in [1.29, 1.82) is 0 Å². The van der Waals surface area contributed by atoms with Gasteiger partial charge in [-0.1, -0.05) is 38.2 Å². The number of anilines is 2. The number of hydrogen-bond acceptors (Lipinski definition) is 7. The van der Waals surface area contributed by atoms with Crippen LogP contribution >= 0.6 is 11.8 Å². The number of hydrogen-bond donors (Lipinski definition) is 1. The summed E-state index contributed by atoms with van der Waals surface area (Å²) in [4.78, 5) is 48.0. The van der Waals surface area contributed by atoms with Crippen LogP contribution in [0.15, 0.2) is 48.6 Å². The molecule has 4 heterocycles. The van der Waals surface area contributed by atoms with Crippen LogP contribution in [0.3, 0.4) is 0 Å². The molecule has 6 atom stereocenters. The Morgan fingerprint density at radius 3 is 2.48 bits per heavy atom. The molecule has 4 aliphatic heterocycles. The molecule has 5 rings (SSSR count). The van der Waals surface area contributed by atoms with Gasteiger partial charge >= 0.3 is 5.97 Å². The second kappa shape index (κ2) is 11.6. The van der Waals surface area contributed by atoms with E-state index in [1.54, 1.807) is 9.80 Å². The fourth-order valence-electron chi connectivity index (χ4n) is 6.83. The quantitative estimate of drug-likeness (QED) is 0.397. The van der Waals surface area contributed by atoms with Gasteiger partial charge in [-0.05, 0) is 56.9 Å². The second-order valence-corrected chi connectivity index (χ2v) is 12.8. The van der Waals surface area contributed by atoms with Crippen molar-refractivity contribution in [2.24, 2.45) is 17.8 Å². The molecule has 0 aliphatic carbocycles. The maximum Gasteiger partial charge on any atom is 0.311 e. The van der Waals surface area contributed by atoms with Crippen molar-refractivity contribution >= 4 is 40.9 Å². The van der Waals surface area contributed by atoms with Crippen LogP contribution in [0.25, 0.3) is 0 Å². The lowest BCUT2D eigenvalue weighted by Gasteiger charge is -2.39. The molecule has 2 saturated heterocycles. The number of esters is 1. The zero-order chi connectivity index (χ0) is 28.6. The summed E-state index contributed by atoms with van der Waals surface area (Å²) in [6, 6.07) is 6.57. The molecule has 40 heavy (non-hydrogen) atoms. The monoisotopic (exact) mass is 567 g/mol. The maximum atomic E-state index is 14.6. The first kappa shape index (κ1) is 28.7. The molecule has 0 radical (unpaired) electrons. The predicted octanol–water partition coefficient (Wildman–Crippen LogP) is 3.64. The normalized spacial score (nSPS) is 31.5. The minimum absolute atomic E-state index is 0.0835. The Kier molecular flexibility index (Phi) is 8.34. The third kappa shape index (κ3) is 4.65. The summed E-state index contributed by atoms with van der Waals surface area (Å²) in [5, 5.41) is 10.2. The molecule has 2 fully saturated rings. The third-order valence-electron chi connectivity index (χ3n) is 8.89. The average molecular weight is 568 g/mol. The molecule has 2 amide bonds. The molecule has 0 aromatic heterocycles. The van der Waals surface area contributed by atoms with Gasteiger partial charge in [0.15, 0.2) is 0 Å². The standard InChI is InChI=1S/C31H41N3O5S/c1-5-32(6-2)21-12-14-22(15-13-21)33-17-10-16-31-26(25-24(40-31)11-8-7-9-18-39-30(25)38)28(36)34(27(31)29(33)37)23(19-35)20(3)4/h8,10-16,20,23-27,35H,5-7,9,17-19H2,1-4H3/b11-8-/t23-,24+,25-,26-,27?,31-/m0/s1. The summed E-state index contributed by atoms with van der Waals surface area (Å²) in [6.45, 7) is 10.3. The van der Waals surface area contributed by atoms with Gasteiger partial charge in [0, 0.05) is 36.3 Å². The molecule has 4 aliphatic rings. The summed E-state index contributed by atoms with van der Waals surface area (Å²) in [6.07, 6.45) is 9.61. The Morgan fingerprint density at radius 1 is 1.10 bits per heavy atom. The van der Waals surface area contributed by atoms with E-state index in [4.69, 9.17) is 4.74 Å². The van der Waals surface area contributed by atoms with Gasteiger partial charge in [0.2, 0.25) is 5.91 Å². The highest BCUT2D eigenvalue weighted by Gasteiger charge is 2.71. The van der Waals surface area contributed by atoms with Crippen molar-refractivity contribution in [3.8, 4) is 0 Å². The summed E-state index contributed by atoms with van der Waals surface area (Å²) < 4.78 is 4.70. The molecular weight excluding hydrogens is 526 g/mol. The lowest BCUT2D eigenvalue weighted by Crippen LogP contribution is -2.57. The van der Waals surface area contributed by atoms with Gasteiger partial charge in [-0.2, -0.15) is 0 Å². The molecule has 0 bridgehead atoms. The van der Waals surface area contributed by atoms with Crippen molar-refractivity contribution in [3.05, 3.63) is 48.6 Å². The van der Waals surface area contributed by atoms with Crippen LogP contribution in [-0.4, -0.2) is 82.7 Å². The first-order chi connectivity index (χ1) is 19.3. The van der Waals surface area contributed by atoms with Gasteiger partial charge in [-0.3, -0.25) is 14.4 Å². The SMILES string of the molecule is CCN(CC)c1ccc(N2CC=C[C@]34S[C@@H]5/C=C\CCCOC(=O)[C@@H]5[C@H]3C(=O)N([C@@H](CO)C(C)C)C4C2=O)cc1. The predicted molar refractivity (Wildman–Crippen MR) is 158 cm³/mol. The number of carbonyl (C=O) groups is 3. The highest BCUT2D eigenvalue weighted by molar-refractivity contribution is 8.02.